The van der Waals surface area contributed by atoms with Gasteiger partial charge in [-0.25, -0.2) is 13.3 Å². The summed E-state index contributed by atoms with van der Waals surface area (Å²) in [7, 11) is -9.65. The first kappa shape index (κ1) is 58.5. The van der Waals surface area contributed by atoms with Gasteiger partial charge in [0.25, 0.3) is 0 Å². The fourth-order valence-electron chi connectivity index (χ4n) is 6.22. The number of unbranched alkanes of at least 4 members (excludes halogenated alkanes) is 17. The van der Waals surface area contributed by atoms with Crippen molar-refractivity contribution in [2.45, 2.75) is 219 Å². The minimum absolute atomic E-state index is 0.118. The summed E-state index contributed by atoms with van der Waals surface area (Å²) in [6.07, 6.45) is 14.9. The van der Waals surface area contributed by atoms with Crippen LogP contribution in [0.25, 0.3) is 0 Å². The minimum atomic E-state index is -4.88. The number of phosphoric acid groups is 1. The predicted octanol–water partition coefficient (Wildman–Crippen LogP) is 8.53. The van der Waals surface area contributed by atoms with Crippen molar-refractivity contribution in [3.05, 3.63) is 0 Å². The van der Waals surface area contributed by atoms with E-state index in [1.54, 1.807) is 4.25 Å². The van der Waals surface area contributed by atoms with E-state index in [1.807, 2.05) is 6.92 Å². The molecule has 0 aliphatic carbocycles. The second-order valence-electron chi connectivity index (χ2n) is 16.0. The van der Waals surface area contributed by atoms with E-state index in [4.69, 9.17) is 32.5 Å². The molecule has 1 aliphatic heterocycles. The van der Waals surface area contributed by atoms with Gasteiger partial charge in [0.15, 0.2) is 6.29 Å². The molecule has 1 rings (SSSR count). The van der Waals surface area contributed by atoms with E-state index in [0.29, 0.717) is 25.7 Å². The Kier molecular flexibility index (Phi) is 33.7. The van der Waals surface area contributed by atoms with Gasteiger partial charge in [-0.15, -0.1) is 0 Å². The molecule has 0 aromatic carbocycles. The maximum absolute atomic E-state index is 13.1. The first-order valence-electron chi connectivity index (χ1n) is 23.3. The molecule has 3 unspecified atom stereocenters. The van der Waals surface area contributed by atoms with Crippen molar-refractivity contribution >= 4 is 33.6 Å². The zero-order chi connectivity index (χ0) is 46.1. The van der Waals surface area contributed by atoms with Crippen LogP contribution < -0.4 is 5.48 Å². The number of rotatable bonds is 43. The van der Waals surface area contributed by atoms with Crippen molar-refractivity contribution in [3.63, 3.8) is 0 Å². The molecule has 5 N–H and O–H groups in total. The maximum Gasteiger partial charge on any atom is 0.659 e. The molecule has 7 atom stereocenters. The van der Waals surface area contributed by atoms with Crippen molar-refractivity contribution in [1.29, 1.82) is 0 Å². The summed E-state index contributed by atoms with van der Waals surface area (Å²) in [5.74, 6) is -1.63. The van der Waals surface area contributed by atoms with Crippen molar-refractivity contribution in [1.82, 2.24) is 5.48 Å². The van der Waals surface area contributed by atoms with Gasteiger partial charge in [0.1, 0.15) is 18.8 Å². The Balaban J connectivity index is 2.66. The van der Waals surface area contributed by atoms with Crippen molar-refractivity contribution in [2.24, 2.45) is 0 Å². The number of hydrogen-bond donors (Lipinski definition) is 5. The minimum Gasteiger partial charge on any atom is -0.461 e. The SMILES string of the molecule is CCCCCCCCCCCCC(=O)O[C@H](COC(=O)CCCC)[C@H]1N[O+]1P(=O)(O)OC[C@@H](O)COP(=O)(O)OC[C@@H](COC(O)CCCCCC)OC(=O)CCCCCCC. The van der Waals surface area contributed by atoms with E-state index in [-0.39, 0.29) is 32.5 Å². The lowest BCUT2D eigenvalue weighted by atomic mass is 10.1. The third kappa shape index (κ3) is 30.6. The summed E-state index contributed by atoms with van der Waals surface area (Å²) < 4.78 is 64.2. The summed E-state index contributed by atoms with van der Waals surface area (Å²) in [5.41, 5.74) is 2.53. The highest BCUT2D eigenvalue weighted by molar-refractivity contribution is 7.48. The number of hydrogen-bond acceptors (Lipinski definition) is 15. The van der Waals surface area contributed by atoms with Crippen LogP contribution >= 0.6 is 15.6 Å². The number of nitrogens with one attached hydrogen (secondary N) is 1. The first-order chi connectivity index (χ1) is 29.7. The molecule has 0 saturated carbocycles. The molecule has 0 aromatic rings. The Morgan fingerprint density at radius 1 is 0.565 bits per heavy atom. The van der Waals surface area contributed by atoms with Crippen LogP contribution in [0.3, 0.4) is 0 Å². The molecule has 1 aliphatic rings. The molecule has 0 bridgehead atoms. The van der Waals surface area contributed by atoms with Gasteiger partial charge in [-0.1, -0.05) is 137 Å². The molecule has 0 amide bonds. The molecule has 1 heterocycles. The fourth-order valence-corrected chi connectivity index (χ4v) is 8.14. The Labute approximate surface area is 370 Å². The number of esters is 3. The van der Waals surface area contributed by atoms with Crippen LogP contribution in [-0.4, -0.2) is 102 Å². The van der Waals surface area contributed by atoms with E-state index < -0.39 is 84.2 Å². The molecule has 0 aromatic heterocycles. The third-order valence-corrected chi connectivity index (χ3v) is 12.3. The summed E-state index contributed by atoms with van der Waals surface area (Å²) in [6, 6.07) is 0. The molecule has 20 heteroatoms. The normalized spacial score (nSPS) is 18.0. The van der Waals surface area contributed by atoms with Gasteiger partial charge >= 0.3 is 39.8 Å². The van der Waals surface area contributed by atoms with Crippen LogP contribution in [0.2, 0.25) is 0 Å². The molecule has 0 radical (unpaired) electrons. The highest BCUT2D eigenvalue weighted by Gasteiger charge is 2.65. The van der Waals surface area contributed by atoms with E-state index in [1.165, 1.54) is 32.1 Å². The van der Waals surface area contributed by atoms with Crippen molar-refractivity contribution in [3.8, 4) is 0 Å². The largest absolute Gasteiger partial charge is 0.659 e. The van der Waals surface area contributed by atoms with Crippen LogP contribution in [0, 0.1) is 0 Å². The lowest BCUT2D eigenvalue weighted by molar-refractivity contribution is -0.166. The summed E-state index contributed by atoms with van der Waals surface area (Å²) in [4.78, 5) is 58.4. The quantitative estimate of drug-likeness (QED) is 0.00730. The Morgan fingerprint density at radius 3 is 1.60 bits per heavy atom. The van der Waals surface area contributed by atoms with Gasteiger partial charge in [0, 0.05) is 24.7 Å². The Hall–Kier alpha value is -1.53. The number of carbonyl (C=O) groups excluding carboxylic acids is 3. The van der Waals surface area contributed by atoms with Gasteiger partial charge in [-0.2, -0.15) is 4.57 Å². The van der Waals surface area contributed by atoms with E-state index in [9.17, 15) is 43.5 Å². The lowest BCUT2D eigenvalue weighted by Gasteiger charge is -2.22. The highest BCUT2D eigenvalue weighted by Crippen LogP contribution is 2.57. The maximum atomic E-state index is 13.1. The van der Waals surface area contributed by atoms with E-state index in [2.05, 4.69) is 26.3 Å². The predicted molar refractivity (Wildman–Crippen MR) is 232 cm³/mol. The topological polar surface area (TPSA) is 256 Å². The number of hydroxylamine groups is 1. The molecule has 0 spiro atoms. The second kappa shape index (κ2) is 35.7. The standard InChI is InChI=1S/C42H81NO17P2/c1-5-9-13-16-17-18-19-20-22-25-29-41(48)59-37(34-54-38(45)26-12-8-4)42-43-60(42)62(51,52)57-31-35(44)30-55-61(49,50)56-33-36(32-53-39(46)27-23-15-11-7-3)58-40(47)28-24-21-14-10-6-2/h35-37,39,42-44,46H,5-34H2,1-4H3,(H-,49,50,51,52)/p+1/t35-,36+,37+,39?,42-/m0/s1. The van der Waals surface area contributed by atoms with E-state index >= 15 is 0 Å². The molecule has 1 fully saturated rings. The molecule has 366 valence electrons. The van der Waals surface area contributed by atoms with Gasteiger partial charge in [-0.05, 0) is 32.1 Å². The van der Waals surface area contributed by atoms with E-state index in [0.717, 1.165) is 83.5 Å². The van der Waals surface area contributed by atoms with Crippen LogP contribution in [0.1, 0.15) is 188 Å². The molecular formula is C42H82NO17P2+. The monoisotopic (exact) mass is 935 g/mol. The first-order valence-corrected chi connectivity index (χ1v) is 26.3. The fraction of sp³-hybridized carbons (Fsp3) is 0.929. The number of phosphoric ester groups is 1. The molecule has 18 nitrogen and oxygen atoms in total. The van der Waals surface area contributed by atoms with Crippen molar-refractivity contribution in [2.75, 3.05) is 33.0 Å². The van der Waals surface area contributed by atoms with Crippen LogP contribution in [0.15, 0.2) is 0 Å². The molecule has 1 saturated heterocycles. The van der Waals surface area contributed by atoms with Gasteiger partial charge < -0.3 is 34.1 Å². The van der Waals surface area contributed by atoms with Gasteiger partial charge in [0.05, 0.1) is 26.4 Å². The summed E-state index contributed by atoms with van der Waals surface area (Å²) in [5, 5.41) is 20.6. The van der Waals surface area contributed by atoms with Crippen LogP contribution in [0.5, 0.6) is 0 Å². The number of carbonyl (C=O) groups is 3. The van der Waals surface area contributed by atoms with Gasteiger partial charge in [-0.3, -0.25) is 28.3 Å². The smallest absolute Gasteiger partial charge is 0.461 e. The number of aliphatic hydroxyl groups is 2. The zero-order valence-corrected chi connectivity index (χ0v) is 39.9. The zero-order valence-electron chi connectivity index (χ0n) is 38.1. The second-order valence-corrected chi connectivity index (χ2v) is 19.0. The van der Waals surface area contributed by atoms with Crippen LogP contribution in [-0.2, 0) is 60.3 Å². The Bertz CT molecular complexity index is 1280. The third-order valence-electron chi connectivity index (χ3n) is 10.0. The van der Waals surface area contributed by atoms with Crippen LogP contribution in [0.4, 0.5) is 0 Å². The average Bonchev–Trinajstić information content (AvgIpc) is 4.05. The Morgan fingerprint density at radius 2 is 1.03 bits per heavy atom. The van der Waals surface area contributed by atoms with Crippen molar-refractivity contribution < 1.29 is 80.3 Å². The number of ether oxygens (including phenoxy) is 4. The molecule has 62 heavy (non-hydrogen) atoms. The average molecular weight is 935 g/mol. The summed E-state index contributed by atoms with van der Waals surface area (Å²) in [6.45, 7) is 5.21. The lowest BCUT2D eigenvalue weighted by Crippen LogP contribution is -2.32. The highest BCUT2D eigenvalue weighted by atomic mass is 31.2. The number of aliphatic hydroxyl groups excluding tert-OH is 2. The summed E-state index contributed by atoms with van der Waals surface area (Å²) >= 11 is 0. The molecular weight excluding hydrogens is 852 g/mol. The van der Waals surface area contributed by atoms with Gasteiger partial charge in [0.2, 0.25) is 6.10 Å².